The van der Waals surface area contributed by atoms with Crippen LogP contribution >= 0.6 is 0 Å². The van der Waals surface area contributed by atoms with E-state index in [1.807, 2.05) is 12.1 Å². The fourth-order valence-corrected chi connectivity index (χ4v) is 3.70. The van der Waals surface area contributed by atoms with Crippen molar-refractivity contribution in [3.8, 4) is 22.3 Å². The quantitative estimate of drug-likeness (QED) is 0.291. The Labute approximate surface area is 179 Å². The molecule has 0 saturated carbocycles. The van der Waals surface area contributed by atoms with Gasteiger partial charge < -0.3 is 0 Å². The molecule has 0 aliphatic carbocycles. The zero-order valence-corrected chi connectivity index (χ0v) is 17.4. The molecule has 0 N–H and O–H groups in total. The summed E-state index contributed by atoms with van der Waals surface area (Å²) in [7, 11) is 0. The van der Waals surface area contributed by atoms with Gasteiger partial charge in [0, 0.05) is 0 Å². The third-order valence-electron chi connectivity index (χ3n) is 5.45. The van der Waals surface area contributed by atoms with Gasteiger partial charge in [-0.05, 0) is 50.9 Å². The van der Waals surface area contributed by atoms with Crippen LogP contribution in [0.1, 0.15) is 24.5 Å². The van der Waals surface area contributed by atoms with Crippen LogP contribution in [0.5, 0.6) is 0 Å². The van der Waals surface area contributed by atoms with Crippen LogP contribution in [0.15, 0.2) is 122 Å². The van der Waals surface area contributed by atoms with Gasteiger partial charge in [0.2, 0.25) is 0 Å². The van der Waals surface area contributed by atoms with E-state index < -0.39 is 0 Å². The molecule has 0 aromatic heterocycles. The van der Waals surface area contributed by atoms with Crippen molar-refractivity contribution >= 4 is 11.1 Å². The van der Waals surface area contributed by atoms with Crippen molar-refractivity contribution < 1.29 is 0 Å². The van der Waals surface area contributed by atoms with Gasteiger partial charge in [-0.2, -0.15) is 0 Å². The standard InChI is InChI=1S/C30H26/c1-3-24(22-23(2)25-10-6-4-7-11-25)27-14-16-29(17-15-27)30-20-18-28(19-21-30)26-12-8-5-9-13-26/h4-22H,2-3H2,1H3/b24-22+. The molecular weight excluding hydrogens is 360 g/mol. The normalized spacial score (nSPS) is 11.3. The van der Waals surface area contributed by atoms with Crippen LogP contribution in [0.4, 0.5) is 0 Å². The third-order valence-corrected chi connectivity index (χ3v) is 5.45. The summed E-state index contributed by atoms with van der Waals surface area (Å²) in [5.74, 6) is 0. The minimum Gasteiger partial charge on any atom is -0.0911 e. The Morgan fingerprint density at radius 3 is 1.50 bits per heavy atom. The van der Waals surface area contributed by atoms with E-state index in [4.69, 9.17) is 0 Å². The van der Waals surface area contributed by atoms with Gasteiger partial charge in [-0.15, -0.1) is 0 Å². The Hall–Kier alpha value is -3.64. The molecule has 0 unspecified atom stereocenters. The van der Waals surface area contributed by atoms with Crippen molar-refractivity contribution in [2.45, 2.75) is 13.3 Å². The molecule has 0 atom stereocenters. The van der Waals surface area contributed by atoms with Gasteiger partial charge in [0.05, 0.1) is 0 Å². The Morgan fingerprint density at radius 1 is 0.567 bits per heavy atom. The average molecular weight is 387 g/mol. The number of benzene rings is 4. The summed E-state index contributed by atoms with van der Waals surface area (Å²) >= 11 is 0. The molecule has 30 heavy (non-hydrogen) atoms. The SMILES string of the molecule is C=C(/C=C(\CC)c1ccc(-c2ccc(-c3ccccc3)cc2)cc1)c1ccccc1. The lowest BCUT2D eigenvalue weighted by Crippen LogP contribution is -1.87. The fourth-order valence-electron chi connectivity index (χ4n) is 3.70. The van der Waals surface area contributed by atoms with E-state index >= 15 is 0 Å². The molecule has 4 aromatic rings. The van der Waals surface area contributed by atoms with Crippen LogP contribution in [-0.4, -0.2) is 0 Å². The van der Waals surface area contributed by atoms with Gasteiger partial charge in [-0.25, -0.2) is 0 Å². The van der Waals surface area contributed by atoms with Crippen molar-refractivity contribution in [3.05, 3.63) is 133 Å². The predicted octanol–water partition coefficient (Wildman–Crippen LogP) is 8.53. The molecule has 4 rings (SSSR count). The highest BCUT2D eigenvalue weighted by Crippen LogP contribution is 2.28. The average Bonchev–Trinajstić information content (AvgIpc) is 2.84. The first-order valence-electron chi connectivity index (χ1n) is 10.5. The molecule has 0 aliphatic heterocycles. The Morgan fingerprint density at radius 2 is 1.00 bits per heavy atom. The van der Waals surface area contributed by atoms with E-state index in [-0.39, 0.29) is 0 Å². The summed E-state index contributed by atoms with van der Waals surface area (Å²) in [6, 6.07) is 38.5. The molecule has 0 saturated heterocycles. The van der Waals surface area contributed by atoms with Crippen molar-refractivity contribution in [1.82, 2.24) is 0 Å². The summed E-state index contributed by atoms with van der Waals surface area (Å²) in [6.07, 6.45) is 3.18. The van der Waals surface area contributed by atoms with Crippen LogP contribution < -0.4 is 0 Å². The fraction of sp³-hybridized carbons (Fsp3) is 0.0667. The van der Waals surface area contributed by atoms with Crippen molar-refractivity contribution in [2.24, 2.45) is 0 Å². The maximum absolute atomic E-state index is 4.26. The van der Waals surface area contributed by atoms with Gasteiger partial charge in [0.1, 0.15) is 0 Å². The van der Waals surface area contributed by atoms with Crippen molar-refractivity contribution in [1.29, 1.82) is 0 Å². The molecule has 0 spiro atoms. The van der Waals surface area contributed by atoms with Gasteiger partial charge in [0.25, 0.3) is 0 Å². The third kappa shape index (κ3) is 4.50. The lowest BCUT2D eigenvalue weighted by atomic mass is 9.95. The molecular formula is C30H26. The molecule has 4 aromatic carbocycles. The minimum absolute atomic E-state index is 0.969. The molecule has 146 valence electrons. The Kier molecular flexibility index (Phi) is 6.06. The monoisotopic (exact) mass is 386 g/mol. The second-order valence-corrected chi connectivity index (χ2v) is 7.44. The summed E-state index contributed by atoms with van der Waals surface area (Å²) in [5, 5.41) is 0. The van der Waals surface area contributed by atoms with Crippen LogP contribution in [0, 0.1) is 0 Å². The smallest absolute Gasteiger partial charge is 0.0184 e. The van der Waals surface area contributed by atoms with E-state index in [0.29, 0.717) is 0 Å². The Bertz CT molecular complexity index is 1130. The summed E-state index contributed by atoms with van der Waals surface area (Å²) in [6.45, 7) is 6.45. The summed E-state index contributed by atoms with van der Waals surface area (Å²) in [4.78, 5) is 0. The highest BCUT2D eigenvalue weighted by Gasteiger charge is 2.04. The Balaban J connectivity index is 1.54. The second kappa shape index (κ2) is 9.24. The second-order valence-electron chi connectivity index (χ2n) is 7.44. The number of hydrogen-bond acceptors (Lipinski definition) is 0. The molecule has 0 amide bonds. The highest BCUT2D eigenvalue weighted by molar-refractivity contribution is 5.83. The lowest BCUT2D eigenvalue weighted by molar-refractivity contribution is 1.24. The van der Waals surface area contributed by atoms with Crippen LogP contribution in [0.3, 0.4) is 0 Å². The zero-order valence-electron chi connectivity index (χ0n) is 17.4. The van der Waals surface area contributed by atoms with Gasteiger partial charge >= 0.3 is 0 Å². The minimum atomic E-state index is 0.969. The first kappa shape index (κ1) is 19.7. The van der Waals surface area contributed by atoms with Crippen molar-refractivity contribution in [2.75, 3.05) is 0 Å². The number of allylic oxidation sites excluding steroid dienone is 3. The summed E-state index contributed by atoms with van der Waals surface area (Å²) in [5.41, 5.74) is 9.72. The van der Waals surface area contributed by atoms with Gasteiger partial charge in [-0.1, -0.05) is 129 Å². The van der Waals surface area contributed by atoms with E-state index in [9.17, 15) is 0 Å². The van der Waals surface area contributed by atoms with E-state index in [1.54, 1.807) is 0 Å². The first-order valence-corrected chi connectivity index (χ1v) is 10.5. The number of hydrogen-bond donors (Lipinski definition) is 0. The molecule has 0 nitrogen and oxygen atoms in total. The van der Waals surface area contributed by atoms with E-state index in [2.05, 4.69) is 117 Å². The number of rotatable bonds is 6. The first-order chi connectivity index (χ1) is 14.7. The molecule has 0 aliphatic rings. The van der Waals surface area contributed by atoms with Crippen LogP contribution in [0.2, 0.25) is 0 Å². The molecule has 0 heterocycles. The maximum Gasteiger partial charge on any atom is -0.0184 e. The summed E-state index contributed by atoms with van der Waals surface area (Å²) < 4.78 is 0. The predicted molar refractivity (Wildman–Crippen MR) is 131 cm³/mol. The van der Waals surface area contributed by atoms with E-state index in [1.165, 1.54) is 39.0 Å². The maximum atomic E-state index is 4.26. The largest absolute Gasteiger partial charge is 0.0911 e. The highest BCUT2D eigenvalue weighted by atomic mass is 14.1. The molecule has 0 bridgehead atoms. The van der Waals surface area contributed by atoms with Crippen molar-refractivity contribution in [3.63, 3.8) is 0 Å². The van der Waals surface area contributed by atoms with Crippen LogP contribution in [0.25, 0.3) is 33.4 Å². The van der Waals surface area contributed by atoms with Gasteiger partial charge in [-0.3, -0.25) is 0 Å². The van der Waals surface area contributed by atoms with Crippen LogP contribution in [-0.2, 0) is 0 Å². The molecule has 0 fully saturated rings. The molecule has 0 radical (unpaired) electrons. The van der Waals surface area contributed by atoms with Gasteiger partial charge in [0.15, 0.2) is 0 Å². The molecule has 0 heteroatoms. The van der Waals surface area contributed by atoms with E-state index in [0.717, 1.165) is 12.0 Å². The topological polar surface area (TPSA) is 0 Å². The lowest BCUT2D eigenvalue weighted by Gasteiger charge is -2.10. The zero-order chi connectivity index (χ0) is 20.8.